The van der Waals surface area contributed by atoms with Crippen LogP contribution in [0.1, 0.15) is 23.1 Å². The fourth-order valence-electron chi connectivity index (χ4n) is 3.07. The standard InChI is InChI=1S/C19H19F2NO3/c1-24-16-8-7-15(11-17(16)25-19(20)21)22-18(23)10-12-5-6-13-3-2-4-14(13)9-12/h5-9,11,19H,2-4,10H2,1H3,(H,22,23). The molecule has 2 aromatic rings. The van der Waals surface area contributed by atoms with Gasteiger partial charge in [0.1, 0.15) is 0 Å². The Kier molecular flexibility index (Phi) is 5.16. The molecule has 4 nitrogen and oxygen atoms in total. The van der Waals surface area contributed by atoms with E-state index in [1.165, 1.54) is 30.4 Å². The number of fused-ring (bicyclic) bond motifs is 1. The predicted molar refractivity (Wildman–Crippen MR) is 90.4 cm³/mol. The molecule has 0 aromatic heterocycles. The minimum atomic E-state index is -2.97. The Morgan fingerprint density at radius 3 is 2.68 bits per heavy atom. The van der Waals surface area contributed by atoms with Crippen molar-refractivity contribution in [2.45, 2.75) is 32.3 Å². The molecule has 0 aliphatic heterocycles. The summed E-state index contributed by atoms with van der Waals surface area (Å²) in [6.45, 7) is -2.97. The third-order valence-corrected chi connectivity index (χ3v) is 4.19. The number of alkyl halides is 2. The second kappa shape index (κ2) is 7.51. The number of aryl methyl sites for hydroxylation is 2. The Morgan fingerprint density at radius 2 is 1.92 bits per heavy atom. The van der Waals surface area contributed by atoms with Crippen molar-refractivity contribution < 1.29 is 23.0 Å². The summed E-state index contributed by atoms with van der Waals surface area (Å²) < 4.78 is 34.3. The molecule has 0 radical (unpaired) electrons. The van der Waals surface area contributed by atoms with Crippen molar-refractivity contribution in [1.82, 2.24) is 0 Å². The molecular formula is C19H19F2NO3. The molecule has 0 atom stereocenters. The average molecular weight is 347 g/mol. The average Bonchev–Trinajstić information content (AvgIpc) is 3.02. The van der Waals surface area contributed by atoms with Crippen molar-refractivity contribution in [2.24, 2.45) is 0 Å². The van der Waals surface area contributed by atoms with E-state index < -0.39 is 6.61 Å². The summed E-state index contributed by atoms with van der Waals surface area (Å²) in [5, 5.41) is 2.70. The van der Waals surface area contributed by atoms with Gasteiger partial charge in [-0.1, -0.05) is 18.2 Å². The van der Waals surface area contributed by atoms with Crippen LogP contribution in [0, 0.1) is 0 Å². The number of amides is 1. The van der Waals surface area contributed by atoms with Gasteiger partial charge >= 0.3 is 6.61 Å². The van der Waals surface area contributed by atoms with Crippen LogP contribution in [0.3, 0.4) is 0 Å². The number of rotatable bonds is 6. The maximum absolute atomic E-state index is 12.5. The lowest BCUT2D eigenvalue weighted by Gasteiger charge is -2.12. The molecule has 1 N–H and O–H groups in total. The van der Waals surface area contributed by atoms with Gasteiger partial charge in [0.2, 0.25) is 5.91 Å². The second-order valence-electron chi connectivity index (χ2n) is 5.93. The summed E-state index contributed by atoms with van der Waals surface area (Å²) in [7, 11) is 1.36. The largest absolute Gasteiger partial charge is 0.493 e. The Labute approximate surface area is 144 Å². The zero-order valence-corrected chi connectivity index (χ0v) is 13.9. The number of methoxy groups -OCH3 is 1. The van der Waals surface area contributed by atoms with E-state index in [9.17, 15) is 13.6 Å². The molecule has 1 aliphatic carbocycles. The van der Waals surface area contributed by atoms with Gasteiger partial charge in [0.05, 0.1) is 13.5 Å². The second-order valence-corrected chi connectivity index (χ2v) is 5.93. The van der Waals surface area contributed by atoms with Gasteiger partial charge in [-0.15, -0.1) is 0 Å². The lowest BCUT2D eigenvalue weighted by atomic mass is 10.0. The molecule has 0 unspecified atom stereocenters. The molecule has 1 aliphatic rings. The fraction of sp³-hybridized carbons (Fsp3) is 0.316. The molecule has 0 spiro atoms. The highest BCUT2D eigenvalue weighted by Gasteiger charge is 2.14. The molecule has 0 saturated heterocycles. The number of nitrogens with one attached hydrogen (secondary N) is 1. The minimum Gasteiger partial charge on any atom is -0.493 e. The van der Waals surface area contributed by atoms with Crippen LogP contribution in [-0.2, 0) is 24.1 Å². The normalized spacial score (nSPS) is 12.8. The molecule has 0 bridgehead atoms. The molecule has 0 saturated carbocycles. The van der Waals surface area contributed by atoms with Crippen LogP contribution in [0.2, 0.25) is 0 Å². The van der Waals surface area contributed by atoms with Crippen molar-refractivity contribution in [3.63, 3.8) is 0 Å². The number of carbonyl (C=O) groups is 1. The Balaban J connectivity index is 1.68. The van der Waals surface area contributed by atoms with E-state index in [4.69, 9.17) is 4.74 Å². The van der Waals surface area contributed by atoms with E-state index in [1.807, 2.05) is 6.07 Å². The molecule has 6 heteroatoms. The van der Waals surface area contributed by atoms with Crippen LogP contribution in [-0.4, -0.2) is 19.6 Å². The quantitative estimate of drug-likeness (QED) is 0.860. The lowest BCUT2D eigenvalue weighted by molar-refractivity contribution is -0.115. The van der Waals surface area contributed by atoms with Gasteiger partial charge in [-0.05, 0) is 48.1 Å². The van der Waals surface area contributed by atoms with Crippen LogP contribution < -0.4 is 14.8 Å². The van der Waals surface area contributed by atoms with E-state index in [0.29, 0.717) is 5.69 Å². The highest BCUT2D eigenvalue weighted by molar-refractivity contribution is 5.92. The predicted octanol–water partition coefficient (Wildman–Crippen LogP) is 3.97. The highest BCUT2D eigenvalue weighted by Crippen LogP contribution is 2.31. The van der Waals surface area contributed by atoms with Gasteiger partial charge in [0, 0.05) is 11.8 Å². The highest BCUT2D eigenvalue weighted by atomic mass is 19.3. The number of anilines is 1. The number of halogens is 2. The van der Waals surface area contributed by atoms with Gasteiger partial charge in [-0.3, -0.25) is 4.79 Å². The third-order valence-electron chi connectivity index (χ3n) is 4.19. The number of ether oxygens (including phenoxy) is 2. The molecule has 3 rings (SSSR count). The molecule has 0 heterocycles. The van der Waals surface area contributed by atoms with Crippen molar-refractivity contribution in [1.29, 1.82) is 0 Å². The van der Waals surface area contributed by atoms with Crippen LogP contribution in [0.4, 0.5) is 14.5 Å². The summed E-state index contributed by atoms with van der Waals surface area (Å²) in [5.41, 5.74) is 3.98. The summed E-state index contributed by atoms with van der Waals surface area (Å²) in [5.74, 6) is -0.157. The maximum atomic E-state index is 12.5. The number of hydrogen-bond acceptors (Lipinski definition) is 3. The lowest BCUT2D eigenvalue weighted by Crippen LogP contribution is -2.15. The summed E-state index contributed by atoms with van der Waals surface area (Å²) in [6, 6.07) is 10.5. The summed E-state index contributed by atoms with van der Waals surface area (Å²) >= 11 is 0. The van der Waals surface area contributed by atoms with Gasteiger partial charge < -0.3 is 14.8 Å². The molecule has 25 heavy (non-hydrogen) atoms. The van der Waals surface area contributed by atoms with Crippen molar-refractivity contribution in [2.75, 3.05) is 12.4 Å². The Bertz CT molecular complexity index is 777. The van der Waals surface area contributed by atoms with Gasteiger partial charge in [-0.25, -0.2) is 0 Å². The molecular weight excluding hydrogens is 328 g/mol. The fourth-order valence-corrected chi connectivity index (χ4v) is 3.07. The van der Waals surface area contributed by atoms with Gasteiger partial charge in [0.25, 0.3) is 0 Å². The first-order valence-electron chi connectivity index (χ1n) is 8.08. The van der Waals surface area contributed by atoms with E-state index >= 15 is 0 Å². The monoisotopic (exact) mass is 347 g/mol. The van der Waals surface area contributed by atoms with E-state index in [1.54, 1.807) is 6.07 Å². The van der Waals surface area contributed by atoms with Gasteiger partial charge in [0.15, 0.2) is 11.5 Å². The Hall–Kier alpha value is -2.63. The van der Waals surface area contributed by atoms with E-state index in [2.05, 4.69) is 22.2 Å². The smallest absolute Gasteiger partial charge is 0.387 e. The molecule has 2 aromatic carbocycles. The van der Waals surface area contributed by atoms with Crippen LogP contribution in [0.25, 0.3) is 0 Å². The zero-order chi connectivity index (χ0) is 17.8. The van der Waals surface area contributed by atoms with Crippen LogP contribution in [0.5, 0.6) is 11.5 Å². The SMILES string of the molecule is COc1ccc(NC(=O)Cc2ccc3c(c2)CCC3)cc1OC(F)F. The van der Waals surface area contributed by atoms with Crippen molar-refractivity contribution in [3.05, 3.63) is 53.1 Å². The zero-order valence-electron chi connectivity index (χ0n) is 13.9. The number of benzene rings is 2. The topological polar surface area (TPSA) is 47.6 Å². The third kappa shape index (κ3) is 4.26. The van der Waals surface area contributed by atoms with Crippen molar-refractivity contribution >= 4 is 11.6 Å². The minimum absolute atomic E-state index is 0.118. The first-order chi connectivity index (χ1) is 12.0. The first kappa shape index (κ1) is 17.2. The number of carbonyl (C=O) groups excluding carboxylic acids is 1. The van der Waals surface area contributed by atoms with Crippen molar-refractivity contribution in [3.8, 4) is 11.5 Å². The number of hydrogen-bond donors (Lipinski definition) is 1. The summed E-state index contributed by atoms with van der Waals surface area (Å²) in [4.78, 5) is 12.2. The summed E-state index contributed by atoms with van der Waals surface area (Å²) in [6.07, 6.45) is 3.53. The maximum Gasteiger partial charge on any atom is 0.387 e. The molecule has 0 fully saturated rings. The van der Waals surface area contributed by atoms with E-state index in [0.717, 1.165) is 24.8 Å². The molecule has 1 amide bonds. The van der Waals surface area contributed by atoms with Crippen LogP contribution in [0.15, 0.2) is 36.4 Å². The van der Waals surface area contributed by atoms with E-state index in [-0.39, 0.29) is 23.8 Å². The molecule has 132 valence electrons. The van der Waals surface area contributed by atoms with Crippen LogP contribution >= 0.6 is 0 Å². The van der Waals surface area contributed by atoms with Gasteiger partial charge in [-0.2, -0.15) is 8.78 Å². The first-order valence-corrected chi connectivity index (χ1v) is 8.08. The Morgan fingerprint density at radius 1 is 1.12 bits per heavy atom.